The molecule has 3 N–H and O–H groups in total. The Morgan fingerprint density at radius 3 is 2.59 bits per heavy atom. The SMILES string of the molecule is C=CCC(F)C(C)C(=N)CC1CCC(N)CC1. The van der Waals surface area contributed by atoms with Crippen molar-refractivity contribution in [1.29, 1.82) is 5.41 Å². The maximum Gasteiger partial charge on any atom is 0.111 e. The molecule has 2 nitrogen and oxygen atoms in total. The molecule has 0 bridgehead atoms. The van der Waals surface area contributed by atoms with Crippen molar-refractivity contribution in [1.82, 2.24) is 0 Å². The van der Waals surface area contributed by atoms with Crippen LogP contribution in [0.5, 0.6) is 0 Å². The first-order chi connectivity index (χ1) is 8.04. The first-order valence-corrected chi connectivity index (χ1v) is 6.62. The Labute approximate surface area is 104 Å². The molecule has 98 valence electrons. The summed E-state index contributed by atoms with van der Waals surface area (Å²) in [6.45, 7) is 5.35. The van der Waals surface area contributed by atoms with Crippen LogP contribution in [0.3, 0.4) is 0 Å². The van der Waals surface area contributed by atoms with Gasteiger partial charge >= 0.3 is 0 Å². The van der Waals surface area contributed by atoms with Crippen molar-refractivity contribution < 1.29 is 4.39 Å². The fourth-order valence-corrected chi connectivity index (χ4v) is 2.47. The summed E-state index contributed by atoms with van der Waals surface area (Å²) >= 11 is 0. The molecule has 0 radical (unpaired) electrons. The third kappa shape index (κ3) is 4.58. The van der Waals surface area contributed by atoms with E-state index in [0.29, 0.717) is 24.1 Å². The number of hydrogen-bond donors (Lipinski definition) is 2. The second-order valence-corrected chi connectivity index (χ2v) is 5.34. The van der Waals surface area contributed by atoms with Crippen LogP contribution >= 0.6 is 0 Å². The smallest absolute Gasteiger partial charge is 0.111 e. The standard InChI is InChI=1S/C14H25FN2/c1-3-4-13(15)10(2)14(17)9-11-5-7-12(16)8-6-11/h3,10-13,17H,1,4-9,16H2,2H3. The van der Waals surface area contributed by atoms with Crippen LogP contribution in [0.25, 0.3) is 0 Å². The molecule has 2 atom stereocenters. The molecule has 0 saturated heterocycles. The Morgan fingerprint density at radius 1 is 1.47 bits per heavy atom. The predicted octanol–water partition coefficient (Wildman–Crippen LogP) is 3.46. The van der Waals surface area contributed by atoms with Gasteiger partial charge in [0.25, 0.3) is 0 Å². The lowest BCUT2D eigenvalue weighted by atomic mass is 9.81. The summed E-state index contributed by atoms with van der Waals surface area (Å²) < 4.78 is 13.6. The lowest BCUT2D eigenvalue weighted by molar-refractivity contribution is 0.280. The number of halogens is 1. The zero-order valence-corrected chi connectivity index (χ0v) is 10.8. The van der Waals surface area contributed by atoms with E-state index in [0.717, 1.165) is 32.1 Å². The Hall–Kier alpha value is -0.700. The summed E-state index contributed by atoms with van der Waals surface area (Å²) in [5.74, 6) is 0.268. The van der Waals surface area contributed by atoms with Gasteiger partial charge in [0, 0.05) is 17.7 Å². The van der Waals surface area contributed by atoms with Gasteiger partial charge in [0.2, 0.25) is 0 Å². The second kappa shape index (κ2) is 6.90. The molecule has 0 amide bonds. The molecule has 0 aliphatic heterocycles. The summed E-state index contributed by atoms with van der Waals surface area (Å²) in [4.78, 5) is 0. The van der Waals surface area contributed by atoms with Gasteiger partial charge < -0.3 is 11.1 Å². The molecule has 0 aromatic heterocycles. The van der Waals surface area contributed by atoms with Gasteiger partial charge in [-0.05, 0) is 44.4 Å². The van der Waals surface area contributed by atoms with Crippen molar-refractivity contribution in [3.05, 3.63) is 12.7 Å². The highest BCUT2D eigenvalue weighted by molar-refractivity contribution is 5.84. The van der Waals surface area contributed by atoms with Crippen LogP contribution in [0.1, 0.15) is 45.4 Å². The fraction of sp³-hybridized carbons (Fsp3) is 0.786. The third-order valence-corrected chi connectivity index (χ3v) is 3.88. The molecular weight excluding hydrogens is 215 g/mol. The van der Waals surface area contributed by atoms with E-state index in [1.807, 2.05) is 6.92 Å². The molecule has 0 heterocycles. The van der Waals surface area contributed by atoms with Gasteiger partial charge in [0.05, 0.1) is 0 Å². The molecule has 3 heteroatoms. The van der Waals surface area contributed by atoms with Crippen molar-refractivity contribution >= 4 is 5.71 Å². The maximum absolute atomic E-state index is 13.6. The molecule has 17 heavy (non-hydrogen) atoms. The zero-order valence-electron chi connectivity index (χ0n) is 10.8. The van der Waals surface area contributed by atoms with Crippen molar-refractivity contribution in [3.63, 3.8) is 0 Å². The minimum atomic E-state index is -0.953. The molecule has 0 aromatic carbocycles. The lowest BCUT2D eigenvalue weighted by Gasteiger charge is -2.27. The van der Waals surface area contributed by atoms with Crippen LogP contribution < -0.4 is 5.73 Å². The normalized spacial score (nSPS) is 28.4. The highest BCUT2D eigenvalue weighted by Gasteiger charge is 2.24. The van der Waals surface area contributed by atoms with Crippen molar-refractivity contribution in [2.24, 2.45) is 17.6 Å². The number of nitrogens with one attached hydrogen (secondary N) is 1. The fourth-order valence-electron chi connectivity index (χ4n) is 2.47. The highest BCUT2D eigenvalue weighted by atomic mass is 19.1. The quantitative estimate of drug-likeness (QED) is 0.542. The average Bonchev–Trinajstić information content (AvgIpc) is 2.31. The van der Waals surface area contributed by atoms with Gasteiger partial charge in [-0.25, -0.2) is 4.39 Å². The lowest BCUT2D eigenvalue weighted by Crippen LogP contribution is -2.29. The van der Waals surface area contributed by atoms with Crippen LogP contribution in [0, 0.1) is 17.2 Å². The molecule has 1 saturated carbocycles. The van der Waals surface area contributed by atoms with Crippen LogP contribution in [0.4, 0.5) is 4.39 Å². The monoisotopic (exact) mass is 240 g/mol. The van der Waals surface area contributed by atoms with E-state index in [-0.39, 0.29) is 5.92 Å². The first kappa shape index (κ1) is 14.4. The second-order valence-electron chi connectivity index (χ2n) is 5.34. The molecule has 0 spiro atoms. The minimum absolute atomic E-state index is 0.274. The summed E-state index contributed by atoms with van der Waals surface area (Å²) in [5.41, 5.74) is 6.41. The molecule has 1 aliphatic carbocycles. The summed E-state index contributed by atoms with van der Waals surface area (Å²) in [6, 6.07) is 0.340. The molecule has 1 rings (SSSR count). The van der Waals surface area contributed by atoms with Crippen molar-refractivity contribution in [2.75, 3.05) is 0 Å². The number of allylic oxidation sites excluding steroid dienone is 1. The largest absolute Gasteiger partial charge is 0.328 e. The number of hydrogen-bond acceptors (Lipinski definition) is 2. The highest BCUT2D eigenvalue weighted by Crippen LogP contribution is 2.28. The van der Waals surface area contributed by atoms with E-state index >= 15 is 0 Å². The third-order valence-electron chi connectivity index (χ3n) is 3.88. The number of nitrogens with two attached hydrogens (primary N) is 1. The van der Waals surface area contributed by atoms with Gasteiger partial charge in [0.15, 0.2) is 0 Å². The molecular formula is C14H25FN2. The topological polar surface area (TPSA) is 49.9 Å². The molecule has 1 aliphatic rings. The first-order valence-electron chi connectivity index (χ1n) is 6.62. The Balaban J connectivity index is 2.35. The molecule has 2 unspecified atom stereocenters. The average molecular weight is 240 g/mol. The van der Waals surface area contributed by atoms with E-state index in [2.05, 4.69) is 6.58 Å². The summed E-state index contributed by atoms with van der Waals surface area (Å²) in [5, 5.41) is 7.98. The van der Waals surface area contributed by atoms with E-state index in [1.165, 1.54) is 0 Å². The Morgan fingerprint density at radius 2 is 2.06 bits per heavy atom. The predicted molar refractivity (Wildman–Crippen MR) is 71.2 cm³/mol. The maximum atomic E-state index is 13.6. The number of rotatable bonds is 6. The van der Waals surface area contributed by atoms with Crippen LogP contribution in [0.2, 0.25) is 0 Å². The summed E-state index contributed by atoms with van der Waals surface area (Å²) in [7, 11) is 0. The number of alkyl halides is 1. The zero-order chi connectivity index (χ0) is 12.8. The van der Waals surface area contributed by atoms with Gasteiger partial charge in [-0.1, -0.05) is 13.0 Å². The molecule has 1 fully saturated rings. The van der Waals surface area contributed by atoms with E-state index in [9.17, 15) is 4.39 Å². The summed E-state index contributed by atoms with van der Waals surface area (Å²) in [6.07, 6.45) is 6.02. The van der Waals surface area contributed by atoms with Gasteiger partial charge in [-0.15, -0.1) is 6.58 Å². The van der Waals surface area contributed by atoms with Gasteiger partial charge in [-0.3, -0.25) is 0 Å². The van der Waals surface area contributed by atoms with Crippen LogP contribution in [-0.2, 0) is 0 Å². The Kier molecular flexibility index (Phi) is 5.83. The molecule has 0 aromatic rings. The van der Waals surface area contributed by atoms with E-state index in [4.69, 9.17) is 11.1 Å². The van der Waals surface area contributed by atoms with Crippen LogP contribution in [0.15, 0.2) is 12.7 Å². The van der Waals surface area contributed by atoms with Gasteiger partial charge in [-0.2, -0.15) is 0 Å². The Bertz CT molecular complexity index is 257. The van der Waals surface area contributed by atoms with Crippen molar-refractivity contribution in [2.45, 2.75) is 57.7 Å². The van der Waals surface area contributed by atoms with Crippen molar-refractivity contribution in [3.8, 4) is 0 Å². The minimum Gasteiger partial charge on any atom is -0.328 e. The van der Waals surface area contributed by atoms with E-state index < -0.39 is 6.17 Å². The van der Waals surface area contributed by atoms with Crippen LogP contribution in [-0.4, -0.2) is 17.9 Å². The van der Waals surface area contributed by atoms with Gasteiger partial charge in [0.1, 0.15) is 6.17 Å². The van der Waals surface area contributed by atoms with E-state index in [1.54, 1.807) is 6.08 Å².